The van der Waals surface area contributed by atoms with Gasteiger partial charge in [-0.1, -0.05) is 170 Å². The Morgan fingerprint density at radius 1 is 0.279 bits per heavy atom. The lowest BCUT2D eigenvalue weighted by atomic mass is 9.86. The molecule has 0 radical (unpaired) electrons. The number of hydrogen-bond acceptors (Lipinski definition) is 4. The van der Waals surface area contributed by atoms with Crippen molar-refractivity contribution in [1.29, 1.82) is 0 Å². The number of benzene rings is 10. The molecule has 0 saturated carbocycles. The van der Waals surface area contributed by atoms with Crippen LogP contribution in [0, 0.1) is 0 Å². The molecule has 2 aromatic heterocycles. The van der Waals surface area contributed by atoms with Crippen molar-refractivity contribution >= 4 is 75.6 Å². The normalized spacial score (nSPS) is 11.9. The van der Waals surface area contributed by atoms with Gasteiger partial charge in [0.25, 0.3) is 0 Å². The monoisotopic (exact) mass is 775 g/mol. The average Bonchev–Trinajstić information content (AvgIpc) is 3.77. The molecule has 282 valence electrons. The Bertz CT molecular complexity index is 3850. The van der Waals surface area contributed by atoms with Crippen molar-refractivity contribution in [3.8, 4) is 56.6 Å². The highest BCUT2D eigenvalue weighted by atomic mass is 16.3. The smallest absolute Gasteiger partial charge is 0.199 e. The molecule has 0 bridgehead atoms. The second kappa shape index (κ2) is 13.2. The zero-order valence-corrected chi connectivity index (χ0v) is 32.8. The lowest BCUT2D eigenvalue weighted by molar-refractivity contribution is 0.625. The minimum Gasteiger partial charge on any atom is -0.453 e. The van der Waals surface area contributed by atoms with Gasteiger partial charge in [0.05, 0.1) is 0 Å². The fourth-order valence-corrected chi connectivity index (χ4v) is 9.66. The molecular formula is C57H33N3O. The summed E-state index contributed by atoms with van der Waals surface area (Å²) in [5.74, 6) is 2.26. The maximum Gasteiger partial charge on any atom is 0.199 e. The van der Waals surface area contributed by atoms with E-state index < -0.39 is 0 Å². The van der Waals surface area contributed by atoms with Crippen LogP contribution in [0.1, 0.15) is 0 Å². The molecule has 0 aliphatic rings. The lowest BCUT2D eigenvalue weighted by Gasteiger charge is -2.17. The van der Waals surface area contributed by atoms with Gasteiger partial charge in [0, 0.05) is 16.5 Å². The van der Waals surface area contributed by atoms with E-state index in [4.69, 9.17) is 19.4 Å². The first kappa shape index (κ1) is 33.7. The molecule has 0 unspecified atom stereocenters. The topological polar surface area (TPSA) is 51.8 Å². The van der Waals surface area contributed by atoms with Gasteiger partial charge in [-0.25, -0.2) is 15.0 Å². The Morgan fingerprint density at radius 3 is 1.52 bits per heavy atom. The first-order chi connectivity index (χ1) is 30.2. The SMILES string of the molecule is c1ccc(-c2nc(-c3cc4ccccc4o3)nc(-c3ccccc3-c3cccc(-c4cc5ccc6cccc7c8cccc9ccc%10cccc(c(c4)c5c67)c%10c98)c3)n2)cc1. The van der Waals surface area contributed by atoms with Crippen LogP contribution in [-0.2, 0) is 0 Å². The van der Waals surface area contributed by atoms with E-state index in [2.05, 4.69) is 133 Å². The highest BCUT2D eigenvalue weighted by Crippen LogP contribution is 2.45. The number of aromatic nitrogens is 3. The number of furan rings is 1. The first-order valence-corrected chi connectivity index (χ1v) is 20.7. The van der Waals surface area contributed by atoms with Gasteiger partial charge in [0.15, 0.2) is 23.2 Å². The molecule has 0 aliphatic carbocycles. The van der Waals surface area contributed by atoms with Crippen molar-refractivity contribution in [2.45, 2.75) is 0 Å². The summed E-state index contributed by atoms with van der Waals surface area (Å²) in [5, 5.41) is 16.3. The van der Waals surface area contributed by atoms with Crippen LogP contribution in [0.15, 0.2) is 205 Å². The Labute approximate surface area is 350 Å². The molecule has 11 aromatic carbocycles. The van der Waals surface area contributed by atoms with Gasteiger partial charge in [0.1, 0.15) is 5.58 Å². The zero-order chi connectivity index (χ0) is 40.0. The molecule has 0 atom stereocenters. The minimum atomic E-state index is 0.490. The predicted molar refractivity (Wildman–Crippen MR) is 253 cm³/mol. The van der Waals surface area contributed by atoms with Crippen LogP contribution in [0.2, 0.25) is 0 Å². The summed E-state index contributed by atoms with van der Waals surface area (Å²) < 4.78 is 6.31. The van der Waals surface area contributed by atoms with Gasteiger partial charge in [-0.15, -0.1) is 0 Å². The Morgan fingerprint density at radius 2 is 0.803 bits per heavy atom. The van der Waals surface area contributed by atoms with Crippen LogP contribution < -0.4 is 0 Å². The van der Waals surface area contributed by atoms with Crippen LogP contribution in [-0.4, -0.2) is 15.0 Å². The van der Waals surface area contributed by atoms with Crippen molar-refractivity contribution < 1.29 is 4.42 Å². The second-order valence-corrected chi connectivity index (χ2v) is 15.9. The quantitative estimate of drug-likeness (QED) is 0.163. The molecule has 0 aliphatic heterocycles. The van der Waals surface area contributed by atoms with E-state index in [1.165, 1.54) is 64.6 Å². The van der Waals surface area contributed by atoms with Gasteiger partial charge in [-0.2, -0.15) is 0 Å². The summed E-state index contributed by atoms with van der Waals surface area (Å²) in [5.41, 5.74) is 7.01. The van der Waals surface area contributed by atoms with Crippen LogP contribution in [0.4, 0.5) is 0 Å². The molecule has 0 saturated heterocycles. The van der Waals surface area contributed by atoms with Crippen LogP contribution in [0.5, 0.6) is 0 Å². The summed E-state index contributed by atoms with van der Waals surface area (Å²) in [4.78, 5) is 15.2. The van der Waals surface area contributed by atoms with E-state index >= 15 is 0 Å². The standard InChI is InChI=1S/C57H33N3O/c1-2-12-37(13-3-1)55-58-56(60-57(59-55)50-33-40-14-4-7-25-49(40)61-50)47-21-6-5-20-43(47)39-19-8-18-38(30-39)42-31-41-29-28-36-16-10-23-45-44-22-9-15-34-26-27-35-17-11-24-46(53(35)51(34)44)48(32-42)54(41)52(36)45/h1-33H. The predicted octanol–water partition coefficient (Wildman–Crippen LogP) is 15.3. The number of nitrogens with zero attached hydrogens (tertiary/aromatic N) is 3. The van der Waals surface area contributed by atoms with Crippen molar-refractivity contribution in [2.75, 3.05) is 0 Å². The summed E-state index contributed by atoms with van der Waals surface area (Å²) >= 11 is 0. The van der Waals surface area contributed by atoms with Gasteiger partial charge in [-0.05, 0) is 117 Å². The van der Waals surface area contributed by atoms with Crippen LogP contribution in [0.3, 0.4) is 0 Å². The van der Waals surface area contributed by atoms with Crippen molar-refractivity contribution in [2.24, 2.45) is 0 Å². The Kier molecular flexibility index (Phi) is 7.27. The highest BCUT2D eigenvalue weighted by molar-refractivity contribution is 6.37. The fourth-order valence-electron chi connectivity index (χ4n) is 9.66. The maximum atomic E-state index is 6.31. The zero-order valence-electron chi connectivity index (χ0n) is 32.8. The second-order valence-electron chi connectivity index (χ2n) is 15.9. The summed E-state index contributed by atoms with van der Waals surface area (Å²) in [7, 11) is 0. The van der Waals surface area contributed by atoms with Gasteiger partial charge < -0.3 is 4.42 Å². The van der Waals surface area contributed by atoms with E-state index in [1.807, 2.05) is 66.7 Å². The molecular weight excluding hydrogens is 743 g/mol. The number of fused-ring (bicyclic) bond motifs is 3. The van der Waals surface area contributed by atoms with Gasteiger partial charge in [-0.3, -0.25) is 0 Å². The van der Waals surface area contributed by atoms with Crippen molar-refractivity contribution in [3.05, 3.63) is 200 Å². The molecule has 0 amide bonds. The molecule has 0 fully saturated rings. The number of hydrogen-bond donors (Lipinski definition) is 0. The van der Waals surface area contributed by atoms with E-state index in [0.717, 1.165) is 44.3 Å². The molecule has 2 heterocycles. The first-order valence-electron chi connectivity index (χ1n) is 20.7. The molecule has 4 heteroatoms. The summed E-state index contributed by atoms with van der Waals surface area (Å²) in [6.07, 6.45) is 0. The molecule has 13 aromatic rings. The summed E-state index contributed by atoms with van der Waals surface area (Å²) in [6.45, 7) is 0. The average molecular weight is 776 g/mol. The molecule has 0 N–H and O–H groups in total. The van der Waals surface area contributed by atoms with E-state index in [0.29, 0.717) is 23.2 Å². The minimum absolute atomic E-state index is 0.490. The van der Waals surface area contributed by atoms with Crippen molar-refractivity contribution in [1.82, 2.24) is 15.0 Å². The Balaban J connectivity index is 1.03. The summed E-state index contributed by atoms with van der Waals surface area (Å²) in [6, 6.07) is 71.5. The number of rotatable bonds is 5. The molecule has 0 spiro atoms. The van der Waals surface area contributed by atoms with Crippen LogP contribution >= 0.6 is 0 Å². The third kappa shape index (κ3) is 5.29. The maximum absolute atomic E-state index is 6.31. The number of para-hydroxylation sites is 1. The van der Waals surface area contributed by atoms with Crippen molar-refractivity contribution in [3.63, 3.8) is 0 Å². The largest absolute Gasteiger partial charge is 0.453 e. The van der Waals surface area contributed by atoms with Crippen LogP contribution in [0.25, 0.3) is 132 Å². The fraction of sp³-hybridized carbons (Fsp3) is 0. The lowest BCUT2D eigenvalue weighted by Crippen LogP contribution is -2.00. The Hall–Kier alpha value is -8.21. The molecule has 61 heavy (non-hydrogen) atoms. The van der Waals surface area contributed by atoms with E-state index in [9.17, 15) is 0 Å². The molecule has 13 rings (SSSR count). The van der Waals surface area contributed by atoms with Gasteiger partial charge >= 0.3 is 0 Å². The molecule has 4 nitrogen and oxygen atoms in total. The third-order valence-corrected chi connectivity index (χ3v) is 12.4. The van der Waals surface area contributed by atoms with Gasteiger partial charge in [0.2, 0.25) is 0 Å². The third-order valence-electron chi connectivity index (χ3n) is 12.4. The van der Waals surface area contributed by atoms with E-state index in [1.54, 1.807) is 0 Å². The highest BCUT2D eigenvalue weighted by Gasteiger charge is 2.20. The van der Waals surface area contributed by atoms with E-state index in [-0.39, 0.29) is 0 Å².